The van der Waals surface area contributed by atoms with E-state index in [1.54, 1.807) is 24.1 Å². The molecule has 2 aromatic carbocycles. The van der Waals surface area contributed by atoms with Gasteiger partial charge in [0.25, 0.3) is 5.91 Å². The summed E-state index contributed by atoms with van der Waals surface area (Å²) in [7, 11) is 1.71. The van der Waals surface area contributed by atoms with Gasteiger partial charge < -0.3 is 19.5 Å². The van der Waals surface area contributed by atoms with Gasteiger partial charge in [0.2, 0.25) is 0 Å². The zero-order valence-corrected chi connectivity index (χ0v) is 17.2. The maximum absolute atomic E-state index is 12.4. The number of nitrogens with zero attached hydrogens (tertiary/aromatic N) is 2. The SMILES string of the molecule is CCOc1ccc(OCC(=O)N(C)C[C@]2(O)CCN(Cc3ccccc3)C2)cc1. The Kier molecular flexibility index (Phi) is 7.12. The number of β-amino-alcohol motifs (C(OH)–C–C–N with tert-alkyl or cyclic N) is 1. The second kappa shape index (κ2) is 9.76. The van der Waals surface area contributed by atoms with Gasteiger partial charge in [-0.05, 0) is 43.2 Å². The van der Waals surface area contributed by atoms with Crippen LogP contribution in [0.1, 0.15) is 18.9 Å². The van der Waals surface area contributed by atoms with Crippen molar-refractivity contribution in [1.29, 1.82) is 0 Å². The first-order valence-corrected chi connectivity index (χ1v) is 10.1. The van der Waals surface area contributed by atoms with Gasteiger partial charge in [-0.25, -0.2) is 0 Å². The van der Waals surface area contributed by atoms with Crippen LogP contribution in [0.3, 0.4) is 0 Å². The van der Waals surface area contributed by atoms with Crippen LogP contribution in [0.4, 0.5) is 0 Å². The summed E-state index contributed by atoms with van der Waals surface area (Å²) in [6.07, 6.45) is 0.650. The number of benzene rings is 2. The van der Waals surface area contributed by atoms with Crippen LogP contribution in [0.5, 0.6) is 11.5 Å². The molecule has 6 nitrogen and oxygen atoms in total. The summed E-state index contributed by atoms with van der Waals surface area (Å²) in [5.41, 5.74) is 0.336. The molecule has 6 heteroatoms. The monoisotopic (exact) mass is 398 g/mol. The summed E-state index contributed by atoms with van der Waals surface area (Å²) in [4.78, 5) is 16.2. The number of carbonyl (C=O) groups is 1. The van der Waals surface area contributed by atoms with Gasteiger partial charge in [-0.2, -0.15) is 0 Å². The number of ether oxygens (including phenoxy) is 2. The Hall–Kier alpha value is -2.57. The Morgan fingerprint density at radius 3 is 2.41 bits per heavy atom. The molecule has 1 aliphatic rings. The molecule has 1 N–H and O–H groups in total. The van der Waals surface area contributed by atoms with Crippen LogP contribution in [0, 0.1) is 0 Å². The van der Waals surface area contributed by atoms with Crippen molar-refractivity contribution >= 4 is 5.91 Å². The van der Waals surface area contributed by atoms with E-state index >= 15 is 0 Å². The van der Waals surface area contributed by atoms with Crippen LogP contribution in [0.15, 0.2) is 54.6 Å². The fourth-order valence-corrected chi connectivity index (χ4v) is 3.63. The normalized spacial score (nSPS) is 19.1. The summed E-state index contributed by atoms with van der Waals surface area (Å²) in [6, 6.07) is 17.4. The van der Waals surface area contributed by atoms with Crippen molar-refractivity contribution in [1.82, 2.24) is 9.80 Å². The minimum atomic E-state index is -0.891. The Bertz CT molecular complexity index is 781. The van der Waals surface area contributed by atoms with E-state index in [4.69, 9.17) is 9.47 Å². The number of likely N-dealkylation sites (tertiary alicyclic amines) is 1. The van der Waals surface area contributed by atoms with Crippen molar-refractivity contribution in [3.63, 3.8) is 0 Å². The average molecular weight is 399 g/mol. The molecule has 1 aliphatic heterocycles. The van der Waals surface area contributed by atoms with Gasteiger partial charge in [-0.3, -0.25) is 9.69 Å². The molecule has 0 aliphatic carbocycles. The Labute approximate surface area is 172 Å². The average Bonchev–Trinajstić information content (AvgIpc) is 3.08. The molecule has 0 saturated carbocycles. The number of amides is 1. The smallest absolute Gasteiger partial charge is 0.260 e. The minimum absolute atomic E-state index is 0.0612. The van der Waals surface area contributed by atoms with Crippen molar-refractivity contribution < 1.29 is 19.4 Å². The second-order valence-corrected chi connectivity index (χ2v) is 7.61. The maximum atomic E-state index is 12.4. The number of hydrogen-bond donors (Lipinski definition) is 1. The van der Waals surface area contributed by atoms with Crippen LogP contribution in [-0.2, 0) is 11.3 Å². The zero-order valence-electron chi connectivity index (χ0n) is 17.2. The molecule has 1 fully saturated rings. The summed E-state index contributed by atoms with van der Waals surface area (Å²) >= 11 is 0. The first-order valence-electron chi connectivity index (χ1n) is 10.1. The number of rotatable bonds is 9. The fourth-order valence-electron chi connectivity index (χ4n) is 3.63. The third kappa shape index (κ3) is 6.21. The van der Waals surface area contributed by atoms with Gasteiger partial charge >= 0.3 is 0 Å². The molecule has 0 spiro atoms. The molecule has 0 unspecified atom stereocenters. The highest BCUT2D eigenvalue weighted by atomic mass is 16.5. The molecule has 29 heavy (non-hydrogen) atoms. The van der Waals surface area contributed by atoms with Crippen LogP contribution in [0.25, 0.3) is 0 Å². The first-order chi connectivity index (χ1) is 14.0. The van der Waals surface area contributed by atoms with E-state index < -0.39 is 5.60 Å². The molecule has 2 aromatic rings. The first kappa shape index (κ1) is 21.1. The van der Waals surface area contributed by atoms with Crippen molar-refractivity contribution in [3.05, 3.63) is 60.2 Å². The van der Waals surface area contributed by atoms with Gasteiger partial charge in [0.1, 0.15) is 11.5 Å². The van der Waals surface area contributed by atoms with Gasteiger partial charge in [-0.15, -0.1) is 0 Å². The predicted octanol–water partition coefficient (Wildman–Crippen LogP) is 2.56. The van der Waals surface area contributed by atoms with Crippen molar-refractivity contribution in [2.75, 3.05) is 39.9 Å². The predicted molar refractivity (Wildman–Crippen MR) is 112 cm³/mol. The molecule has 3 rings (SSSR count). The largest absolute Gasteiger partial charge is 0.494 e. The molecule has 1 atom stereocenters. The molecule has 1 amide bonds. The van der Waals surface area contributed by atoms with Crippen LogP contribution in [-0.4, -0.2) is 66.3 Å². The molecular weight excluding hydrogens is 368 g/mol. The minimum Gasteiger partial charge on any atom is -0.494 e. The molecule has 1 saturated heterocycles. The van der Waals surface area contributed by atoms with E-state index in [2.05, 4.69) is 17.0 Å². The standard InChI is InChI=1S/C23H30N2O4/c1-3-28-20-9-11-21(12-10-20)29-16-22(26)24(2)17-23(27)13-14-25(18-23)15-19-7-5-4-6-8-19/h4-12,27H,3,13-18H2,1-2H3/t23-/m1/s1. The van der Waals surface area contributed by atoms with Gasteiger partial charge in [0, 0.05) is 26.7 Å². The summed E-state index contributed by atoms with van der Waals surface area (Å²) in [5.74, 6) is 1.23. The van der Waals surface area contributed by atoms with Crippen molar-refractivity contribution in [3.8, 4) is 11.5 Å². The molecular formula is C23H30N2O4. The van der Waals surface area contributed by atoms with Crippen molar-refractivity contribution in [2.45, 2.75) is 25.5 Å². The molecule has 156 valence electrons. The number of hydrogen-bond acceptors (Lipinski definition) is 5. The molecule has 0 radical (unpaired) electrons. The van der Waals surface area contributed by atoms with E-state index in [0.717, 1.165) is 18.8 Å². The molecule has 0 aromatic heterocycles. The molecule has 0 bridgehead atoms. The van der Waals surface area contributed by atoms with Crippen LogP contribution >= 0.6 is 0 Å². The lowest BCUT2D eigenvalue weighted by Crippen LogP contribution is -2.46. The summed E-state index contributed by atoms with van der Waals surface area (Å²) in [5, 5.41) is 10.9. The van der Waals surface area contributed by atoms with E-state index in [9.17, 15) is 9.90 Å². The highest BCUT2D eigenvalue weighted by molar-refractivity contribution is 5.77. The number of aliphatic hydroxyl groups is 1. The van der Waals surface area contributed by atoms with Gasteiger partial charge in [-0.1, -0.05) is 30.3 Å². The van der Waals surface area contributed by atoms with Crippen molar-refractivity contribution in [2.24, 2.45) is 0 Å². The lowest BCUT2D eigenvalue weighted by molar-refractivity contribution is -0.135. The van der Waals surface area contributed by atoms with E-state index in [1.807, 2.05) is 37.3 Å². The van der Waals surface area contributed by atoms with Crippen LogP contribution < -0.4 is 9.47 Å². The zero-order chi connectivity index (χ0) is 20.7. The third-order valence-corrected chi connectivity index (χ3v) is 5.11. The lowest BCUT2D eigenvalue weighted by Gasteiger charge is -2.29. The van der Waals surface area contributed by atoms with Gasteiger partial charge in [0.15, 0.2) is 6.61 Å². The van der Waals surface area contributed by atoms with E-state index in [-0.39, 0.29) is 12.5 Å². The quantitative estimate of drug-likeness (QED) is 0.703. The van der Waals surface area contributed by atoms with E-state index in [1.165, 1.54) is 5.56 Å². The fraction of sp³-hybridized carbons (Fsp3) is 0.435. The van der Waals surface area contributed by atoms with E-state index in [0.29, 0.717) is 31.9 Å². The third-order valence-electron chi connectivity index (χ3n) is 5.11. The highest BCUT2D eigenvalue weighted by Gasteiger charge is 2.37. The number of likely N-dealkylation sites (N-methyl/N-ethyl adjacent to an activating group) is 1. The summed E-state index contributed by atoms with van der Waals surface area (Å²) in [6.45, 7) is 4.95. The maximum Gasteiger partial charge on any atom is 0.260 e. The Balaban J connectivity index is 1.45. The summed E-state index contributed by atoms with van der Waals surface area (Å²) < 4.78 is 11.0. The van der Waals surface area contributed by atoms with Gasteiger partial charge in [0.05, 0.1) is 18.8 Å². The Morgan fingerprint density at radius 2 is 1.76 bits per heavy atom. The Morgan fingerprint density at radius 1 is 1.10 bits per heavy atom. The second-order valence-electron chi connectivity index (χ2n) is 7.61. The lowest BCUT2D eigenvalue weighted by atomic mass is 10.0. The topological polar surface area (TPSA) is 62.2 Å². The van der Waals surface area contributed by atoms with Crippen LogP contribution in [0.2, 0.25) is 0 Å². The highest BCUT2D eigenvalue weighted by Crippen LogP contribution is 2.24. The molecule has 1 heterocycles. The number of carbonyl (C=O) groups excluding carboxylic acids is 1.